The molecule has 5 heteroatoms. The van der Waals surface area contributed by atoms with E-state index in [0.29, 0.717) is 25.7 Å². The van der Waals surface area contributed by atoms with Crippen molar-refractivity contribution < 1.29 is 12.8 Å². The molecular formula is C7H14FNO2S. The Morgan fingerprint density at radius 3 is 2.17 bits per heavy atom. The number of hydrogen-bond acceptors (Lipinski definition) is 2. The van der Waals surface area contributed by atoms with Crippen LogP contribution in [0.15, 0.2) is 0 Å². The summed E-state index contributed by atoms with van der Waals surface area (Å²) in [6.45, 7) is 1.51. The number of primary sulfonamides is 1. The fraction of sp³-hybridized carbons (Fsp3) is 1.00. The Kier molecular flexibility index (Phi) is 2.45. The molecule has 0 unspecified atom stereocenters. The molecule has 0 saturated heterocycles. The molecule has 0 aromatic rings. The van der Waals surface area contributed by atoms with E-state index in [9.17, 15) is 12.8 Å². The Hall–Kier alpha value is -0.160. The van der Waals surface area contributed by atoms with Crippen LogP contribution in [0.4, 0.5) is 4.39 Å². The lowest BCUT2D eigenvalue weighted by atomic mass is 9.88. The molecule has 1 aliphatic rings. The molecule has 0 radical (unpaired) electrons. The first-order chi connectivity index (χ1) is 5.31. The molecule has 72 valence electrons. The second kappa shape index (κ2) is 2.96. The third-order valence-corrected chi connectivity index (χ3v) is 3.84. The first kappa shape index (κ1) is 9.92. The summed E-state index contributed by atoms with van der Waals surface area (Å²) in [4.78, 5) is 0. The Labute approximate surface area is 72.2 Å². The van der Waals surface area contributed by atoms with Gasteiger partial charge in [-0.1, -0.05) is 0 Å². The van der Waals surface area contributed by atoms with Gasteiger partial charge in [-0.25, -0.2) is 17.9 Å². The van der Waals surface area contributed by atoms with Crippen LogP contribution in [0.3, 0.4) is 0 Å². The zero-order valence-corrected chi connectivity index (χ0v) is 7.90. The highest BCUT2D eigenvalue weighted by molar-refractivity contribution is 7.89. The third-order valence-electron chi connectivity index (χ3n) is 2.44. The summed E-state index contributed by atoms with van der Waals surface area (Å²) in [6.07, 6.45) is 1.31. The fourth-order valence-corrected chi connectivity index (χ4v) is 2.41. The summed E-state index contributed by atoms with van der Waals surface area (Å²) in [6, 6.07) is 0. The minimum Gasteiger partial charge on any atom is -0.244 e. The minimum absolute atomic E-state index is 0.300. The normalized spacial score (nSPS) is 38.1. The molecule has 12 heavy (non-hydrogen) atoms. The number of rotatable bonds is 1. The van der Waals surface area contributed by atoms with Gasteiger partial charge >= 0.3 is 0 Å². The SMILES string of the molecule is CC1(F)CCC(S(N)(=O)=O)CC1. The van der Waals surface area contributed by atoms with E-state index < -0.39 is 20.9 Å². The summed E-state index contributed by atoms with van der Waals surface area (Å²) in [5.74, 6) is 0. The van der Waals surface area contributed by atoms with Gasteiger partial charge in [0.1, 0.15) is 5.67 Å². The van der Waals surface area contributed by atoms with Crippen molar-refractivity contribution in [2.45, 2.75) is 43.5 Å². The minimum atomic E-state index is -3.44. The molecule has 0 heterocycles. The molecule has 0 aromatic heterocycles. The van der Waals surface area contributed by atoms with Gasteiger partial charge in [0, 0.05) is 0 Å². The lowest BCUT2D eigenvalue weighted by Gasteiger charge is -2.29. The highest BCUT2D eigenvalue weighted by Gasteiger charge is 2.34. The predicted octanol–water partition coefficient (Wildman–Crippen LogP) is 0.946. The first-order valence-electron chi connectivity index (χ1n) is 4.02. The molecule has 1 aliphatic carbocycles. The van der Waals surface area contributed by atoms with Crippen LogP contribution in [-0.2, 0) is 10.0 Å². The highest BCUT2D eigenvalue weighted by Crippen LogP contribution is 2.33. The van der Waals surface area contributed by atoms with Gasteiger partial charge in [0.05, 0.1) is 5.25 Å². The van der Waals surface area contributed by atoms with Crippen LogP contribution in [0.5, 0.6) is 0 Å². The zero-order valence-electron chi connectivity index (χ0n) is 7.09. The van der Waals surface area contributed by atoms with E-state index in [-0.39, 0.29) is 0 Å². The van der Waals surface area contributed by atoms with E-state index in [2.05, 4.69) is 0 Å². The molecule has 0 aliphatic heterocycles. The van der Waals surface area contributed by atoms with Crippen molar-refractivity contribution in [3.8, 4) is 0 Å². The van der Waals surface area contributed by atoms with Crippen LogP contribution < -0.4 is 5.14 Å². The zero-order chi connectivity index (χ0) is 9.41. The van der Waals surface area contributed by atoms with Gasteiger partial charge in [0.15, 0.2) is 0 Å². The number of hydrogen-bond donors (Lipinski definition) is 1. The van der Waals surface area contributed by atoms with Crippen molar-refractivity contribution in [2.75, 3.05) is 0 Å². The predicted molar refractivity (Wildman–Crippen MR) is 44.9 cm³/mol. The Morgan fingerprint density at radius 1 is 1.42 bits per heavy atom. The van der Waals surface area contributed by atoms with Crippen LogP contribution in [0.25, 0.3) is 0 Å². The van der Waals surface area contributed by atoms with Crippen molar-refractivity contribution in [1.29, 1.82) is 0 Å². The largest absolute Gasteiger partial charge is 0.244 e. The van der Waals surface area contributed by atoms with Gasteiger partial charge in [-0.3, -0.25) is 0 Å². The van der Waals surface area contributed by atoms with Crippen LogP contribution >= 0.6 is 0 Å². The topological polar surface area (TPSA) is 60.2 Å². The van der Waals surface area contributed by atoms with Crippen molar-refractivity contribution in [3.05, 3.63) is 0 Å². The van der Waals surface area contributed by atoms with E-state index in [0.717, 1.165) is 0 Å². The molecule has 0 aromatic carbocycles. The number of sulfonamides is 1. The molecule has 0 spiro atoms. The molecule has 0 bridgehead atoms. The Balaban J connectivity index is 2.59. The molecule has 2 N–H and O–H groups in total. The summed E-state index contributed by atoms with van der Waals surface area (Å²) in [5, 5.41) is 4.42. The molecular weight excluding hydrogens is 181 g/mol. The second-order valence-corrected chi connectivity index (χ2v) is 5.55. The quantitative estimate of drug-likeness (QED) is 0.677. The van der Waals surface area contributed by atoms with Gasteiger partial charge in [0.2, 0.25) is 10.0 Å². The lowest BCUT2D eigenvalue weighted by Crippen LogP contribution is -2.36. The van der Waals surface area contributed by atoms with Gasteiger partial charge in [-0.2, -0.15) is 0 Å². The van der Waals surface area contributed by atoms with Crippen LogP contribution in [0, 0.1) is 0 Å². The van der Waals surface area contributed by atoms with Gasteiger partial charge in [0.25, 0.3) is 0 Å². The molecule has 1 rings (SSSR count). The Bertz CT molecular complexity index is 251. The third kappa shape index (κ3) is 2.42. The summed E-state index contributed by atoms with van der Waals surface area (Å²) >= 11 is 0. The molecule has 1 fully saturated rings. The van der Waals surface area contributed by atoms with Crippen LogP contribution in [0.2, 0.25) is 0 Å². The van der Waals surface area contributed by atoms with E-state index in [1.807, 2.05) is 0 Å². The smallest absolute Gasteiger partial charge is 0.211 e. The van der Waals surface area contributed by atoms with Crippen molar-refractivity contribution >= 4 is 10.0 Å². The number of halogens is 1. The van der Waals surface area contributed by atoms with Crippen LogP contribution in [-0.4, -0.2) is 19.3 Å². The monoisotopic (exact) mass is 195 g/mol. The van der Waals surface area contributed by atoms with Crippen molar-refractivity contribution in [1.82, 2.24) is 0 Å². The van der Waals surface area contributed by atoms with Crippen LogP contribution in [0.1, 0.15) is 32.6 Å². The van der Waals surface area contributed by atoms with Crippen molar-refractivity contribution in [2.24, 2.45) is 5.14 Å². The van der Waals surface area contributed by atoms with E-state index in [4.69, 9.17) is 5.14 Å². The van der Waals surface area contributed by atoms with Gasteiger partial charge in [-0.15, -0.1) is 0 Å². The van der Waals surface area contributed by atoms with E-state index >= 15 is 0 Å². The maximum Gasteiger partial charge on any atom is 0.211 e. The molecule has 1 saturated carbocycles. The van der Waals surface area contributed by atoms with Gasteiger partial charge in [-0.05, 0) is 32.6 Å². The summed E-state index contributed by atoms with van der Waals surface area (Å²) < 4.78 is 34.9. The van der Waals surface area contributed by atoms with Gasteiger partial charge < -0.3 is 0 Å². The fourth-order valence-electron chi connectivity index (χ4n) is 1.52. The van der Waals surface area contributed by atoms with E-state index in [1.54, 1.807) is 0 Å². The summed E-state index contributed by atoms with van der Waals surface area (Å²) in [5.41, 5.74) is -1.19. The number of nitrogens with two attached hydrogens (primary N) is 1. The molecule has 3 nitrogen and oxygen atoms in total. The number of alkyl halides is 1. The maximum atomic E-state index is 13.2. The maximum absolute atomic E-state index is 13.2. The Morgan fingerprint density at radius 2 is 1.83 bits per heavy atom. The van der Waals surface area contributed by atoms with Crippen molar-refractivity contribution in [3.63, 3.8) is 0 Å². The highest BCUT2D eigenvalue weighted by atomic mass is 32.2. The standard InChI is InChI=1S/C7H14FNO2S/c1-7(8)4-2-6(3-5-7)12(9,10)11/h6H,2-5H2,1H3,(H2,9,10,11). The first-order valence-corrected chi connectivity index (χ1v) is 5.63. The lowest BCUT2D eigenvalue weighted by molar-refractivity contribution is 0.131. The second-order valence-electron chi connectivity index (χ2n) is 3.70. The summed E-state index contributed by atoms with van der Waals surface area (Å²) in [7, 11) is -3.44. The van der Waals surface area contributed by atoms with E-state index in [1.165, 1.54) is 6.92 Å². The average molecular weight is 195 g/mol. The molecule has 0 atom stereocenters. The molecule has 0 amide bonds. The average Bonchev–Trinajstić information content (AvgIpc) is 1.83.